The molecular formula is C12H18N2O2S. The maximum Gasteiger partial charge on any atom is 0.276 e. The van der Waals surface area contributed by atoms with Crippen LogP contribution in [0.4, 0.5) is 0 Å². The van der Waals surface area contributed by atoms with E-state index in [9.17, 15) is 8.42 Å². The second-order valence-electron chi connectivity index (χ2n) is 4.35. The molecule has 0 spiro atoms. The van der Waals surface area contributed by atoms with Gasteiger partial charge in [0, 0.05) is 5.71 Å². The van der Waals surface area contributed by atoms with Crippen LogP contribution >= 0.6 is 0 Å². The van der Waals surface area contributed by atoms with Gasteiger partial charge in [-0.15, -0.1) is 0 Å². The van der Waals surface area contributed by atoms with Crippen molar-refractivity contribution in [2.45, 2.75) is 32.1 Å². The van der Waals surface area contributed by atoms with Crippen molar-refractivity contribution in [3.05, 3.63) is 30.3 Å². The van der Waals surface area contributed by atoms with E-state index in [1.54, 1.807) is 18.2 Å². The molecule has 0 saturated heterocycles. The number of nitrogens with zero attached hydrogens (tertiary/aromatic N) is 1. The highest BCUT2D eigenvalue weighted by Gasteiger charge is 2.11. The van der Waals surface area contributed by atoms with Gasteiger partial charge < -0.3 is 0 Å². The number of nitrogens with one attached hydrogen (secondary N) is 1. The third-order valence-corrected chi connectivity index (χ3v) is 3.34. The molecule has 1 aromatic carbocycles. The molecule has 0 aliphatic rings. The van der Waals surface area contributed by atoms with E-state index in [1.165, 1.54) is 12.1 Å². The molecule has 0 aliphatic carbocycles. The molecule has 0 radical (unpaired) electrons. The molecule has 0 amide bonds. The lowest BCUT2D eigenvalue weighted by molar-refractivity contribution is 0.583. The minimum absolute atomic E-state index is 0.223. The third kappa shape index (κ3) is 4.56. The average molecular weight is 254 g/mol. The zero-order valence-corrected chi connectivity index (χ0v) is 11.2. The molecule has 1 N–H and O–H groups in total. The number of hydrogen-bond donors (Lipinski definition) is 1. The molecule has 94 valence electrons. The molecule has 0 aromatic heterocycles. The molecule has 0 unspecified atom stereocenters. The van der Waals surface area contributed by atoms with Crippen molar-refractivity contribution in [2.24, 2.45) is 11.0 Å². The Hall–Kier alpha value is -1.36. The number of sulfonamides is 1. The minimum Gasteiger partial charge on any atom is -0.200 e. The summed E-state index contributed by atoms with van der Waals surface area (Å²) < 4.78 is 23.6. The van der Waals surface area contributed by atoms with Crippen molar-refractivity contribution >= 4 is 15.7 Å². The lowest BCUT2D eigenvalue weighted by Gasteiger charge is -2.06. The molecule has 0 bridgehead atoms. The number of benzene rings is 1. The second-order valence-corrected chi connectivity index (χ2v) is 6.01. The van der Waals surface area contributed by atoms with Gasteiger partial charge in [0.15, 0.2) is 0 Å². The number of rotatable bonds is 5. The molecule has 0 fully saturated rings. The SMILES string of the molecule is CC(CC(C)C)=NNS(=O)(=O)c1ccccc1. The predicted octanol–water partition coefficient (Wildman–Crippen LogP) is 2.39. The standard InChI is InChI=1S/C12H18N2O2S/c1-10(2)9-11(3)13-14-17(15,16)12-7-5-4-6-8-12/h4-8,10,14H,9H2,1-3H3. The van der Waals surface area contributed by atoms with Gasteiger partial charge in [-0.3, -0.25) is 0 Å². The Labute approximate surface area is 103 Å². The Morgan fingerprint density at radius 3 is 2.41 bits per heavy atom. The highest BCUT2D eigenvalue weighted by molar-refractivity contribution is 7.89. The molecule has 0 aliphatic heterocycles. The molecule has 4 nitrogen and oxygen atoms in total. The Balaban J connectivity index is 2.75. The van der Waals surface area contributed by atoms with Gasteiger partial charge in [0.25, 0.3) is 10.0 Å². The summed E-state index contributed by atoms with van der Waals surface area (Å²) in [6.45, 7) is 5.93. The summed E-state index contributed by atoms with van der Waals surface area (Å²) in [4.78, 5) is 2.46. The van der Waals surface area contributed by atoms with Gasteiger partial charge in [0.1, 0.15) is 0 Å². The average Bonchev–Trinajstić information content (AvgIpc) is 2.27. The summed E-state index contributed by atoms with van der Waals surface area (Å²) >= 11 is 0. The molecule has 0 saturated carbocycles. The third-order valence-electron chi connectivity index (χ3n) is 2.11. The van der Waals surface area contributed by atoms with E-state index in [2.05, 4.69) is 23.8 Å². The summed E-state index contributed by atoms with van der Waals surface area (Å²) in [5, 5.41) is 3.89. The van der Waals surface area contributed by atoms with E-state index in [0.29, 0.717) is 5.92 Å². The van der Waals surface area contributed by atoms with Crippen LogP contribution in [-0.4, -0.2) is 14.1 Å². The molecule has 1 aromatic rings. The van der Waals surface area contributed by atoms with Crippen LogP contribution in [0.25, 0.3) is 0 Å². The smallest absolute Gasteiger partial charge is 0.200 e. The van der Waals surface area contributed by atoms with E-state index >= 15 is 0 Å². The van der Waals surface area contributed by atoms with Crippen LogP contribution in [-0.2, 0) is 10.0 Å². The normalized spacial score (nSPS) is 12.8. The fraction of sp³-hybridized carbons (Fsp3) is 0.417. The molecule has 17 heavy (non-hydrogen) atoms. The van der Waals surface area contributed by atoms with Gasteiger partial charge in [-0.2, -0.15) is 13.5 Å². The summed E-state index contributed by atoms with van der Waals surface area (Å²) in [7, 11) is -3.53. The van der Waals surface area contributed by atoms with E-state index in [0.717, 1.165) is 12.1 Å². The van der Waals surface area contributed by atoms with E-state index in [1.807, 2.05) is 6.92 Å². The summed E-state index contributed by atoms with van der Waals surface area (Å²) in [5.74, 6) is 0.458. The van der Waals surface area contributed by atoms with Crippen molar-refractivity contribution in [2.75, 3.05) is 0 Å². The monoisotopic (exact) mass is 254 g/mol. The zero-order chi connectivity index (χ0) is 12.9. The predicted molar refractivity (Wildman–Crippen MR) is 69.3 cm³/mol. The zero-order valence-electron chi connectivity index (χ0n) is 10.3. The number of hydrazone groups is 1. The quantitative estimate of drug-likeness (QED) is 0.648. The lowest BCUT2D eigenvalue weighted by Crippen LogP contribution is -2.20. The first-order chi connectivity index (χ1) is 7.92. The van der Waals surface area contributed by atoms with E-state index in [-0.39, 0.29) is 4.90 Å². The van der Waals surface area contributed by atoms with Gasteiger partial charge in [0.05, 0.1) is 4.90 Å². The van der Waals surface area contributed by atoms with E-state index < -0.39 is 10.0 Å². The van der Waals surface area contributed by atoms with Gasteiger partial charge in [-0.25, -0.2) is 4.83 Å². The van der Waals surface area contributed by atoms with Crippen LogP contribution < -0.4 is 4.83 Å². The van der Waals surface area contributed by atoms with Crippen LogP contribution in [0.3, 0.4) is 0 Å². The Morgan fingerprint density at radius 2 is 1.88 bits per heavy atom. The van der Waals surface area contributed by atoms with Gasteiger partial charge in [0.2, 0.25) is 0 Å². The fourth-order valence-corrected chi connectivity index (χ4v) is 2.32. The fourth-order valence-electron chi connectivity index (χ4n) is 1.43. The summed E-state index contributed by atoms with van der Waals surface area (Å²) in [6.07, 6.45) is 0.775. The summed E-state index contributed by atoms with van der Waals surface area (Å²) in [5.41, 5.74) is 0.777. The van der Waals surface area contributed by atoms with Crippen LogP contribution in [0.1, 0.15) is 27.2 Å². The molecular weight excluding hydrogens is 236 g/mol. The van der Waals surface area contributed by atoms with Crippen LogP contribution in [0.5, 0.6) is 0 Å². The highest BCUT2D eigenvalue weighted by Crippen LogP contribution is 2.07. The van der Waals surface area contributed by atoms with Crippen LogP contribution in [0, 0.1) is 5.92 Å². The molecule has 5 heteroatoms. The van der Waals surface area contributed by atoms with Crippen LogP contribution in [0.15, 0.2) is 40.3 Å². The van der Waals surface area contributed by atoms with Gasteiger partial charge in [-0.1, -0.05) is 32.0 Å². The lowest BCUT2D eigenvalue weighted by atomic mass is 10.1. The largest absolute Gasteiger partial charge is 0.276 e. The van der Waals surface area contributed by atoms with Crippen molar-refractivity contribution in [1.29, 1.82) is 0 Å². The van der Waals surface area contributed by atoms with Crippen molar-refractivity contribution in [1.82, 2.24) is 4.83 Å². The summed E-state index contributed by atoms with van der Waals surface area (Å²) in [6, 6.07) is 8.20. The first kappa shape index (κ1) is 13.7. The number of hydrogen-bond acceptors (Lipinski definition) is 3. The topological polar surface area (TPSA) is 58.5 Å². The van der Waals surface area contributed by atoms with Crippen LogP contribution in [0.2, 0.25) is 0 Å². The maximum atomic E-state index is 11.8. The molecule has 1 rings (SSSR count). The first-order valence-corrected chi connectivity index (χ1v) is 7.00. The Bertz CT molecular complexity index is 478. The first-order valence-electron chi connectivity index (χ1n) is 5.52. The highest BCUT2D eigenvalue weighted by atomic mass is 32.2. The second kappa shape index (κ2) is 5.82. The van der Waals surface area contributed by atoms with Gasteiger partial charge in [-0.05, 0) is 31.4 Å². The Kier molecular flexibility index (Phi) is 4.69. The minimum atomic E-state index is -3.53. The van der Waals surface area contributed by atoms with Crippen molar-refractivity contribution in [3.8, 4) is 0 Å². The van der Waals surface area contributed by atoms with E-state index in [4.69, 9.17) is 0 Å². The molecule has 0 atom stereocenters. The van der Waals surface area contributed by atoms with Crippen molar-refractivity contribution in [3.63, 3.8) is 0 Å². The maximum absolute atomic E-state index is 11.8. The van der Waals surface area contributed by atoms with Crippen molar-refractivity contribution < 1.29 is 8.42 Å². The Morgan fingerprint density at radius 1 is 1.29 bits per heavy atom. The molecule has 0 heterocycles. The van der Waals surface area contributed by atoms with Gasteiger partial charge >= 0.3 is 0 Å².